The van der Waals surface area contributed by atoms with Gasteiger partial charge in [-0.3, -0.25) is 0 Å². The van der Waals surface area contributed by atoms with Crippen molar-refractivity contribution in [1.82, 2.24) is 5.32 Å². The smallest absolute Gasteiger partial charge is 0.0778 e. The highest BCUT2D eigenvalue weighted by Gasteiger charge is 2.38. The van der Waals surface area contributed by atoms with Crippen LogP contribution in [0.5, 0.6) is 0 Å². The lowest BCUT2D eigenvalue weighted by atomic mass is 9.79. The average molecular weight is 255 g/mol. The van der Waals surface area contributed by atoms with Crippen LogP contribution >= 0.6 is 0 Å². The summed E-state index contributed by atoms with van der Waals surface area (Å²) in [7, 11) is 0. The monoisotopic (exact) mass is 255 g/mol. The van der Waals surface area contributed by atoms with Crippen LogP contribution in [0.3, 0.4) is 0 Å². The molecule has 108 valence electrons. The molecule has 1 aliphatic carbocycles. The van der Waals surface area contributed by atoms with E-state index in [1.54, 1.807) is 0 Å². The van der Waals surface area contributed by atoms with Crippen molar-refractivity contribution in [2.45, 2.75) is 78.9 Å². The molecule has 2 unspecified atom stereocenters. The SMILES string of the molecule is CCCNC(C1CCCC1)C(OCC)C(C)(C)C. The third-order valence-corrected chi connectivity index (χ3v) is 4.06. The highest BCUT2D eigenvalue weighted by molar-refractivity contribution is 4.92. The van der Waals surface area contributed by atoms with Gasteiger partial charge in [0, 0.05) is 12.6 Å². The molecule has 1 N–H and O–H groups in total. The van der Waals surface area contributed by atoms with E-state index in [2.05, 4.69) is 39.9 Å². The van der Waals surface area contributed by atoms with Crippen molar-refractivity contribution in [3.05, 3.63) is 0 Å². The van der Waals surface area contributed by atoms with E-state index in [0.29, 0.717) is 12.1 Å². The Labute approximate surface area is 114 Å². The van der Waals surface area contributed by atoms with Crippen LogP contribution in [-0.4, -0.2) is 25.3 Å². The Hall–Kier alpha value is -0.0800. The zero-order valence-corrected chi connectivity index (χ0v) is 13.1. The Morgan fingerprint density at radius 2 is 1.78 bits per heavy atom. The molecule has 0 aromatic carbocycles. The van der Waals surface area contributed by atoms with Gasteiger partial charge in [0.25, 0.3) is 0 Å². The minimum absolute atomic E-state index is 0.212. The number of hydrogen-bond donors (Lipinski definition) is 1. The minimum Gasteiger partial charge on any atom is -0.376 e. The molecule has 0 spiro atoms. The van der Waals surface area contributed by atoms with Crippen molar-refractivity contribution >= 4 is 0 Å². The second kappa shape index (κ2) is 7.49. The first-order valence-corrected chi connectivity index (χ1v) is 7.85. The summed E-state index contributed by atoms with van der Waals surface area (Å²) >= 11 is 0. The largest absolute Gasteiger partial charge is 0.376 e. The van der Waals surface area contributed by atoms with Crippen molar-refractivity contribution in [3.8, 4) is 0 Å². The van der Waals surface area contributed by atoms with Gasteiger partial charge in [-0.1, -0.05) is 40.5 Å². The predicted molar refractivity (Wildman–Crippen MR) is 78.9 cm³/mol. The topological polar surface area (TPSA) is 21.3 Å². The Balaban J connectivity index is 2.75. The van der Waals surface area contributed by atoms with Gasteiger partial charge in [0.05, 0.1) is 6.10 Å². The van der Waals surface area contributed by atoms with E-state index in [4.69, 9.17) is 4.74 Å². The second-order valence-corrected chi connectivity index (χ2v) is 6.77. The molecule has 2 nitrogen and oxygen atoms in total. The van der Waals surface area contributed by atoms with E-state index in [1.807, 2.05) is 0 Å². The summed E-state index contributed by atoms with van der Waals surface area (Å²) in [5.74, 6) is 0.812. The maximum atomic E-state index is 6.12. The Morgan fingerprint density at radius 1 is 1.17 bits per heavy atom. The maximum absolute atomic E-state index is 6.12. The maximum Gasteiger partial charge on any atom is 0.0778 e. The average Bonchev–Trinajstić information content (AvgIpc) is 2.80. The highest BCUT2D eigenvalue weighted by Crippen LogP contribution is 2.35. The summed E-state index contributed by atoms with van der Waals surface area (Å²) in [5, 5.41) is 3.78. The van der Waals surface area contributed by atoms with Crippen LogP contribution in [0.15, 0.2) is 0 Å². The lowest BCUT2D eigenvalue weighted by Crippen LogP contribution is -2.52. The Kier molecular flexibility index (Phi) is 6.65. The number of hydrogen-bond acceptors (Lipinski definition) is 2. The third-order valence-electron chi connectivity index (χ3n) is 4.06. The molecule has 2 atom stereocenters. The molecular weight excluding hydrogens is 222 g/mol. The van der Waals surface area contributed by atoms with E-state index in [0.717, 1.165) is 19.1 Å². The molecule has 2 heteroatoms. The molecule has 1 saturated carbocycles. The van der Waals surface area contributed by atoms with Crippen LogP contribution in [0.1, 0.15) is 66.7 Å². The minimum atomic E-state index is 0.212. The molecule has 0 aromatic rings. The molecule has 1 fully saturated rings. The van der Waals surface area contributed by atoms with Crippen LogP contribution in [0.25, 0.3) is 0 Å². The summed E-state index contributed by atoms with van der Waals surface area (Å²) in [6.07, 6.45) is 7.08. The molecule has 0 saturated heterocycles. The van der Waals surface area contributed by atoms with E-state index < -0.39 is 0 Å². The summed E-state index contributed by atoms with van der Waals surface area (Å²) in [6.45, 7) is 13.2. The molecule has 0 aliphatic heterocycles. The molecule has 0 bridgehead atoms. The van der Waals surface area contributed by atoms with E-state index >= 15 is 0 Å². The van der Waals surface area contributed by atoms with E-state index in [-0.39, 0.29) is 5.41 Å². The zero-order chi connectivity index (χ0) is 13.6. The van der Waals surface area contributed by atoms with Gasteiger partial charge in [-0.05, 0) is 44.1 Å². The fraction of sp³-hybridized carbons (Fsp3) is 1.00. The second-order valence-electron chi connectivity index (χ2n) is 6.77. The molecule has 0 aromatic heterocycles. The number of nitrogens with one attached hydrogen (secondary N) is 1. The van der Waals surface area contributed by atoms with Gasteiger partial charge >= 0.3 is 0 Å². The predicted octanol–water partition coefficient (Wildman–Crippen LogP) is 4.00. The molecule has 0 radical (unpaired) electrons. The summed E-state index contributed by atoms with van der Waals surface area (Å²) in [6, 6.07) is 0.535. The van der Waals surface area contributed by atoms with Gasteiger partial charge in [-0.25, -0.2) is 0 Å². The summed E-state index contributed by atoms with van der Waals surface area (Å²) < 4.78 is 6.12. The standard InChI is InChI=1S/C16H33NO/c1-6-12-17-14(13-10-8-9-11-13)15(18-7-2)16(3,4)5/h13-15,17H,6-12H2,1-5H3. The van der Waals surface area contributed by atoms with Crippen LogP contribution in [0, 0.1) is 11.3 Å². The van der Waals surface area contributed by atoms with Crippen molar-refractivity contribution in [3.63, 3.8) is 0 Å². The van der Waals surface area contributed by atoms with Gasteiger partial charge in [0.2, 0.25) is 0 Å². The molecular formula is C16H33NO. The quantitative estimate of drug-likeness (QED) is 0.742. The van der Waals surface area contributed by atoms with Gasteiger partial charge in [0.1, 0.15) is 0 Å². The molecule has 0 heterocycles. The van der Waals surface area contributed by atoms with Crippen molar-refractivity contribution < 1.29 is 4.74 Å². The van der Waals surface area contributed by atoms with Crippen LogP contribution in [0.4, 0.5) is 0 Å². The lowest BCUT2D eigenvalue weighted by Gasteiger charge is -2.40. The van der Waals surface area contributed by atoms with Gasteiger partial charge in [-0.15, -0.1) is 0 Å². The fourth-order valence-corrected chi connectivity index (χ4v) is 3.22. The summed E-state index contributed by atoms with van der Waals surface area (Å²) in [4.78, 5) is 0. The van der Waals surface area contributed by atoms with Crippen LogP contribution < -0.4 is 5.32 Å². The van der Waals surface area contributed by atoms with E-state index in [1.165, 1.54) is 32.1 Å². The fourth-order valence-electron chi connectivity index (χ4n) is 3.22. The first-order valence-electron chi connectivity index (χ1n) is 7.85. The highest BCUT2D eigenvalue weighted by atomic mass is 16.5. The number of rotatable bonds is 7. The van der Waals surface area contributed by atoms with Gasteiger partial charge in [0.15, 0.2) is 0 Å². The lowest BCUT2D eigenvalue weighted by molar-refractivity contribution is -0.0483. The van der Waals surface area contributed by atoms with Gasteiger partial charge in [-0.2, -0.15) is 0 Å². The van der Waals surface area contributed by atoms with E-state index in [9.17, 15) is 0 Å². The third kappa shape index (κ3) is 4.55. The molecule has 18 heavy (non-hydrogen) atoms. The Morgan fingerprint density at radius 3 is 2.22 bits per heavy atom. The first kappa shape index (κ1) is 16.0. The molecule has 1 aliphatic rings. The normalized spacial score (nSPS) is 21.2. The van der Waals surface area contributed by atoms with Crippen molar-refractivity contribution in [1.29, 1.82) is 0 Å². The van der Waals surface area contributed by atoms with Crippen molar-refractivity contribution in [2.24, 2.45) is 11.3 Å². The molecule has 1 rings (SSSR count). The first-order chi connectivity index (χ1) is 8.50. The van der Waals surface area contributed by atoms with Crippen LogP contribution in [0.2, 0.25) is 0 Å². The number of ether oxygens (including phenoxy) is 1. The van der Waals surface area contributed by atoms with Gasteiger partial charge < -0.3 is 10.1 Å². The zero-order valence-electron chi connectivity index (χ0n) is 13.1. The van der Waals surface area contributed by atoms with Crippen molar-refractivity contribution in [2.75, 3.05) is 13.2 Å². The summed E-state index contributed by atoms with van der Waals surface area (Å²) in [5.41, 5.74) is 0.212. The van der Waals surface area contributed by atoms with Crippen LogP contribution in [-0.2, 0) is 4.74 Å². The molecule has 0 amide bonds. The Bertz CT molecular complexity index is 216.